The molecule has 2 aromatic rings. The minimum atomic E-state index is -0.380. The van der Waals surface area contributed by atoms with Gasteiger partial charge in [0.2, 0.25) is 5.91 Å². The average molecular weight is 437 g/mol. The van der Waals surface area contributed by atoms with Crippen molar-refractivity contribution in [3.05, 3.63) is 54.6 Å². The number of nitrogens with one attached hydrogen (secondary N) is 3. The number of piperidine rings is 1. The molecule has 3 N–H and O–H groups in total. The molecule has 0 saturated carbocycles. The van der Waals surface area contributed by atoms with Crippen LogP contribution in [0.4, 0.5) is 21.9 Å². The van der Waals surface area contributed by atoms with Gasteiger partial charge in [0.1, 0.15) is 6.10 Å². The Kier molecular flexibility index (Phi) is 7.01. The van der Waals surface area contributed by atoms with Gasteiger partial charge in [-0.15, -0.1) is 0 Å². The molecule has 2 aliphatic heterocycles. The standard InChI is InChI=1S/C24H28N4O4/c29-22(17-12-14-28(15-13-17)24(31)27-18-5-2-1-3-6-18)25-19-8-10-20(11-9-19)26-23(30)21-7-4-16-32-21/h1-3,5-6,8-11,17,21H,4,7,12-16H2,(H,25,29)(H,26,30)(H,27,31)/t21-/m1/s1. The minimum absolute atomic E-state index is 0.0516. The Morgan fingerprint density at radius 3 is 1.94 bits per heavy atom. The van der Waals surface area contributed by atoms with Gasteiger partial charge in [-0.1, -0.05) is 18.2 Å². The van der Waals surface area contributed by atoms with Gasteiger partial charge >= 0.3 is 6.03 Å². The summed E-state index contributed by atoms with van der Waals surface area (Å²) in [5, 5.41) is 8.66. The number of nitrogens with zero attached hydrogens (tertiary/aromatic N) is 1. The van der Waals surface area contributed by atoms with Crippen LogP contribution in [0.2, 0.25) is 0 Å². The molecule has 4 rings (SSSR count). The van der Waals surface area contributed by atoms with Crippen molar-refractivity contribution in [1.29, 1.82) is 0 Å². The predicted molar refractivity (Wildman–Crippen MR) is 122 cm³/mol. The second-order valence-corrected chi connectivity index (χ2v) is 8.12. The van der Waals surface area contributed by atoms with Crippen LogP contribution in [-0.2, 0) is 14.3 Å². The number of hydrogen-bond acceptors (Lipinski definition) is 4. The van der Waals surface area contributed by atoms with E-state index < -0.39 is 0 Å². The van der Waals surface area contributed by atoms with Gasteiger partial charge in [-0.25, -0.2) is 4.79 Å². The number of amides is 4. The van der Waals surface area contributed by atoms with E-state index in [-0.39, 0.29) is 29.9 Å². The molecular weight excluding hydrogens is 408 g/mol. The van der Waals surface area contributed by atoms with Crippen molar-refractivity contribution in [3.8, 4) is 0 Å². The lowest BCUT2D eigenvalue weighted by molar-refractivity contribution is -0.124. The molecule has 8 heteroatoms. The summed E-state index contributed by atoms with van der Waals surface area (Å²) in [5.74, 6) is -0.332. The lowest BCUT2D eigenvalue weighted by atomic mass is 9.96. The molecule has 0 unspecified atom stereocenters. The van der Waals surface area contributed by atoms with E-state index in [2.05, 4.69) is 16.0 Å². The van der Waals surface area contributed by atoms with Crippen LogP contribution in [0.1, 0.15) is 25.7 Å². The summed E-state index contributed by atoms with van der Waals surface area (Å²) in [5.41, 5.74) is 2.10. The van der Waals surface area contributed by atoms with Crippen molar-refractivity contribution < 1.29 is 19.1 Å². The number of anilines is 3. The first kappa shape index (κ1) is 21.8. The first-order valence-corrected chi connectivity index (χ1v) is 11.0. The molecule has 0 spiro atoms. The summed E-state index contributed by atoms with van der Waals surface area (Å²) >= 11 is 0. The van der Waals surface area contributed by atoms with Crippen LogP contribution >= 0.6 is 0 Å². The molecule has 32 heavy (non-hydrogen) atoms. The van der Waals surface area contributed by atoms with Crippen molar-refractivity contribution in [3.63, 3.8) is 0 Å². The lowest BCUT2D eigenvalue weighted by Crippen LogP contribution is -2.43. The summed E-state index contributed by atoms with van der Waals surface area (Å²) in [6, 6.07) is 16.3. The molecule has 2 heterocycles. The van der Waals surface area contributed by atoms with E-state index in [9.17, 15) is 14.4 Å². The molecular formula is C24H28N4O4. The molecule has 0 bridgehead atoms. The summed E-state index contributed by atoms with van der Waals surface area (Å²) in [6.07, 6.45) is 2.49. The van der Waals surface area contributed by atoms with E-state index in [1.165, 1.54) is 0 Å². The van der Waals surface area contributed by atoms with Crippen molar-refractivity contribution in [1.82, 2.24) is 4.90 Å². The third-order valence-electron chi connectivity index (χ3n) is 5.82. The topological polar surface area (TPSA) is 99.8 Å². The van der Waals surface area contributed by atoms with Gasteiger partial charge in [0.25, 0.3) is 5.91 Å². The van der Waals surface area contributed by atoms with E-state index in [1.807, 2.05) is 30.3 Å². The number of para-hydroxylation sites is 1. The lowest BCUT2D eigenvalue weighted by Gasteiger charge is -2.31. The highest BCUT2D eigenvalue weighted by molar-refractivity contribution is 5.96. The number of hydrogen-bond donors (Lipinski definition) is 3. The Morgan fingerprint density at radius 2 is 1.34 bits per heavy atom. The van der Waals surface area contributed by atoms with Crippen LogP contribution in [0.25, 0.3) is 0 Å². The van der Waals surface area contributed by atoms with Gasteiger partial charge in [0.15, 0.2) is 0 Å². The largest absolute Gasteiger partial charge is 0.368 e. The molecule has 0 aromatic heterocycles. The van der Waals surface area contributed by atoms with Crippen molar-refractivity contribution in [2.45, 2.75) is 31.8 Å². The maximum Gasteiger partial charge on any atom is 0.321 e. The predicted octanol–water partition coefficient (Wildman–Crippen LogP) is 3.69. The van der Waals surface area contributed by atoms with Crippen LogP contribution in [0.5, 0.6) is 0 Å². The van der Waals surface area contributed by atoms with Crippen LogP contribution in [-0.4, -0.2) is 48.5 Å². The first-order valence-electron chi connectivity index (χ1n) is 11.0. The highest BCUT2D eigenvalue weighted by atomic mass is 16.5. The van der Waals surface area contributed by atoms with Gasteiger partial charge in [0, 0.05) is 42.7 Å². The van der Waals surface area contributed by atoms with Crippen molar-refractivity contribution in [2.75, 3.05) is 35.6 Å². The van der Waals surface area contributed by atoms with E-state index in [0.717, 1.165) is 18.5 Å². The Labute approximate surface area is 187 Å². The number of rotatable bonds is 5. The summed E-state index contributed by atoms with van der Waals surface area (Å²) in [4.78, 5) is 38.9. The third kappa shape index (κ3) is 5.64. The molecule has 8 nitrogen and oxygen atoms in total. The van der Waals surface area contributed by atoms with Crippen molar-refractivity contribution in [2.24, 2.45) is 5.92 Å². The van der Waals surface area contributed by atoms with Gasteiger partial charge in [-0.3, -0.25) is 9.59 Å². The number of likely N-dealkylation sites (tertiary alicyclic amines) is 1. The van der Waals surface area contributed by atoms with Crippen LogP contribution in [0, 0.1) is 5.92 Å². The third-order valence-corrected chi connectivity index (χ3v) is 5.82. The smallest absolute Gasteiger partial charge is 0.321 e. The van der Waals surface area contributed by atoms with E-state index in [1.54, 1.807) is 29.2 Å². The highest BCUT2D eigenvalue weighted by Crippen LogP contribution is 2.22. The quantitative estimate of drug-likeness (QED) is 0.666. The van der Waals surface area contributed by atoms with Gasteiger partial charge < -0.3 is 25.6 Å². The molecule has 1 atom stereocenters. The minimum Gasteiger partial charge on any atom is -0.368 e. The Balaban J connectivity index is 1.22. The number of carbonyl (C=O) groups is 3. The summed E-state index contributed by atoms with van der Waals surface area (Å²) in [6.45, 7) is 1.69. The van der Waals surface area contributed by atoms with Gasteiger partial charge in [-0.2, -0.15) is 0 Å². The molecule has 2 aromatic carbocycles. The van der Waals surface area contributed by atoms with E-state index in [4.69, 9.17) is 4.74 Å². The summed E-state index contributed by atoms with van der Waals surface area (Å²) in [7, 11) is 0. The first-order chi connectivity index (χ1) is 15.6. The number of ether oxygens (including phenoxy) is 1. The van der Waals surface area contributed by atoms with Gasteiger partial charge in [0.05, 0.1) is 0 Å². The zero-order valence-electron chi connectivity index (χ0n) is 17.9. The van der Waals surface area contributed by atoms with Crippen LogP contribution in [0.3, 0.4) is 0 Å². The molecule has 168 valence electrons. The SMILES string of the molecule is O=C(Nc1ccc(NC(=O)[C@H]2CCCO2)cc1)C1CCN(C(=O)Nc2ccccc2)CC1. The fraction of sp³-hybridized carbons (Fsp3) is 0.375. The van der Waals surface area contributed by atoms with E-state index in [0.29, 0.717) is 43.9 Å². The Bertz CT molecular complexity index is 934. The fourth-order valence-electron chi connectivity index (χ4n) is 3.96. The number of urea groups is 1. The monoisotopic (exact) mass is 436 g/mol. The highest BCUT2D eigenvalue weighted by Gasteiger charge is 2.27. The van der Waals surface area contributed by atoms with Crippen LogP contribution < -0.4 is 16.0 Å². The summed E-state index contributed by atoms with van der Waals surface area (Å²) < 4.78 is 5.38. The Morgan fingerprint density at radius 1 is 0.750 bits per heavy atom. The van der Waals surface area contributed by atoms with Crippen molar-refractivity contribution >= 4 is 34.9 Å². The fourth-order valence-corrected chi connectivity index (χ4v) is 3.96. The molecule has 2 saturated heterocycles. The number of carbonyl (C=O) groups excluding carboxylic acids is 3. The zero-order valence-corrected chi connectivity index (χ0v) is 17.9. The van der Waals surface area contributed by atoms with Gasteiger partial charge in [-0.05, 0) is 62.1 Å². The molecule has 2 fully saturated rings. The molecule has 2 aliphatic rings. The maximum atomic E-state index is 12.7. The zero-order chi connectivity index (χ0) is 22.3. The normalized spacial score (nSPS) is 18.8. The number of benzene rings is 2. The Hall–Kier alpha value is -3.39. The molecule has 4 amide bonds. The van der Waals surface area contributed by atoms with Crippen LogP contribution in [0.15, 0.2) is 54.6 Å². The average Bonchev–Trinajstić information content (AvgIpc) is 3.36. The molecule has 0 aliphatic carbocycles. The molecule has 0 radical (unpaired) electrons. The second-order valence-electron chi connectivity index (χ2n) is 8.12. The van der Waals surface area contributed by atoms with E-state index >= 15 is 0 Å². The maximum absolute atomic E-state index is 12.7. The second kappa shape index (κ2) is 10.3.